The van der Waals surface area contributed by atoms with Gasteiger partial charge in [-0.05, 0) is 30.5 Å². The molecule has 2 rings (SSSR count). The van der Waals surface area contributed by atoms with Crippen molar-refractivity contribution < 1.29 is 5.11 Å². The van der Waals surface area contributed by atoms with Crippen molar-refractivity contribution in [2.24, 2.45) is 0 Å². The number of hydrogen-bond acceptors (Lipinski definition) is 3. The maximum absolute atomic E-state index is 9.74. The van der Waals surface area contributed by atoms with Gasteiger partial charge < -0.3 is 15.3 Å². The van der Waals surface area contributed by atoms with E-state index in [1.807, 2.05) is 12.1 Å². The van der Waals surface area contributed by atoms with Gasteiger partial charge in [0.1, 0.15) is 0 Å². The van der Waals surface area contributed by atoms with Gasteiger partial charge in [0.05, 0.1) is 12.6 Å². The van der Waals surface area contributed by atoms with Gasteiger partial charge in [0.2, 0.25) is 0 Å². The zero-order chi connectivity index (χ0) is 15.2. The second-order valence-electron chi connectivity index (χ2n) is 6.19. The molecule has 0 spiro atoms. The van der Waals surface area contributed by atoms with Crippen molar-refractivity contribution in [1.29, 1.82) is 0 Å². The third-order valence-electron chi connectivity index (χ3n) is 4.15. The zero-order valence-electron chi connectivity index (χ0n) is 13.1. The van der Waals surface area contributed by atoms with Crippen LogP contribution in [-0.2, 0) is 6.54 Å². The van der Waals surface area contributed by atoms with Crippen molar-refractivity contribution in [2.75, 3.05) is 18.1 Å². The summed E-state index contributed by atoms with van der Waals surface area (Å²) >= 11 is 6.22. The molecule has 1 aromatic rings. The Morgan fingerprint density at radius 2 is 2.14 bits per heavy atom. The van der Waals surface area contributed by atoms with Gasteiger partial charge in [-0.15, -0.1) is 0 Å². The molecular weight excluding hydrogens is 284 g/mol. The molecule has 2 N–H and O–H groups in total. The van der Waals surface area contributed by atoms with E-state index in [0.29, 0.717) is 6.04 Å². The van der Waals surface area contributed by atoms with Crippen LogP contribution in [0.25, 0.3) is 0 Å². The SMILES string of the molecule is CC(C)NCc1ccc(Cl)cc1N1CCCCCC1CO. The Morgan fingerprint density at radius 3 is 2.86 bits per heavy atom. The third kappa shape index (κ3) is 4.60. The standard InChI is InChI=1S/C17H27ClN2O/c1-13(2)19-11-14-7-8-15(18)10-17(14)20-9-5-3-4-6-16(20)12-21/h7-8,10,13,16,19,21H,3-6,9,11-12H2,1-2H3. The summed E-state index contributed by atoms with van der Waals surface area (Å²) < 4.78 is 0. The normalized spacial score (nSPS) is 19.9. The Labute approximate surface area is 133 Å². The van der Waals surface area contributed by atoms with Crippen LogP contribution in [0.4, 0.5) is 5.69 Å². The number of rotatable bonds is 5. The van der Waals surface area contributed by atoms with Crippen LogP contribution < -0.4 is 10.2 Å². The third-order valence-corrected chi connectivity index (χ3v) is 4.38. The van der Waals surface area contributed by atoms with Crippen LogP contribution in [0.5, 0.6) is 0 Å². The van der Waals surface area contributed by atoms with E-state index >= 15 is 0 Å². The lowest BCUT2D eigenvalue weighted by Gasteiger charge is -2.33. The van der Waals surface area contributed by atoms with Gasteiger partial charge in [0, 0.05) is 29.8 Å². The minimum atomic E-state index is 0.212. The van der Waals surface area contributed by atoms with E-state index in [1.165, 1.54) is 30.5 Å². The fourth-order valence-electron chi connectivity index (χ4n) is 2.95. The highest BCUT2D eigenvalue weighted by Crippen LogP contribution is 2.30. The van der Waals surface area contributed by atoms with Crippen molar-refractivity contribution in [3.63, 3.8) is 0 Å². The monoisotopic (exact) mass is 310 g/mol. The van der Waals surface area contributed by atoms with E-state index in [2.05, 4.69) is 30.1 Å². The van der Waals surface area contributed by atoms with Crippen LogP contribution in [-0.4, -0.2) is 30.3 Å². The van der Waals surface area contributed by atoms with Crippen molar-refractivity contribution in [3.05, 3.63) is 28.8 Å². The fourth-order valence-corrected chi connectivity index (χ4v) is 3.12. The molecule has 118 valence electrons. The smallest absolute Gasteiger partial charge is 0.0635 e. The number of aliphatic hydroxyl groups excluding tert-OH is 1. The molecule has 0 saturated carbocycles. The summed E-state index contributed by atoms with van der Waals surface area (Å²) in [5.74, 6) is 0. The molecule has 1 fully saturated rings. The summed E-state index contributed by atoms with van der Waals surface area (Å²) in [6.45, 7) is 6.35. The van der Waals surface area contributed by atoms with Gasteiger partial charge in [-0.2, -0.15) is 0 Å². The Kier molecular flexibility index (Phi) is 6.34. The van der Waals surface area contributed by atoms with Crippen LogP contribution in [0, 0.1) is 0 Å². The molecule has 1 unspecified atom stereocenters. The summed E-state index contributed by atoms with van der Waals surface area (Å²) in [5, 5.41) is 14.0. The second-order valence-corrected chi connectivity index (χ2v) is 6.62. The van der Waals surface area contributed by atoms with Gasteiger partial charge in [-0.1, -0.05) is 44.4 Å². The lowest BCUT2D eigenvalue weighted by atomic mass is 10.1. The maximum Gasteiger partial charge on any atom is 0.0635 e. The van der Waals surface area contributed by atoms with Gasteiger partial charge in [0.25, 0.3) is 0 Å². The molecule has 1 heterocycles. The average molecular weight is 311 g/mol. The first-order valence-corrected chi connectivity index (χ1v) is 8.39. The van der Waals surface area contributed by atoms with Gasteiger partial charge in [0.15, 0.2) is 0 Å². The van der Waals surface area contributed by atoms with Crippen LogP contribution in [0.3, 0.4) is 0 Å². The molecule has 1 saturated heterocycles. The van der Waals surface area contributed by atoms with E-state index in [4.69, 9.17) is 11.6 Å². The summed E-state index contributed by atoms with van der Waals surface area (Å²) in [5.41, 5.74) is 2.44. The largest absolute Gasteiger partial charge is 0.394 e. The van der Waals surface area contributed by atoms with Gasteiger partial charge in [-0.3, -0.25) is 0 Å². The minimum absolute atomic E-state index is 0.212. The molecule has 0 aliphatic carbocycles. The van der Waals surface area contributed by atoms with Gasteiger partial charge >= 0.3 is 0 Å². The first-order valence-electron chi connectivity index (χ1n) is 8.01. The summed E-state index contributed by atoms with van der Waals surface area (Å²) in [4.78, 5) is 2.36. The Bertz CT molecular complexity index is 450. The molecule has 1 aromatic carbocycles. The quantitative estimate of drug-likeness (QED) is 0.872. The number of benzene rings is 1. The second kappa shape index (κ2) is 8.02. The molecule has 0 bridgehead atoms. The number of anilines is 1. The van der Waals surface area contributed by atoms with E-state index in [-0.39, 0.29) is 12.6 Å². The van der Waals surface area contributed by atoms with Crippen molar-refractivity contribution in [2.45, 2.75) is 58.2 Å². The number of hydrogen-bond donors (Lipinski definition) is 2. The molecule has 0 amide bonds. The Hall–Kier alpha value is -0.770. The van der Waals surface area contributed by atoms with E-state index in [1.54, 1.807) is 0 Å². The Balaban J connectivity index is 2.27. The minimum Gasteiger partial charge on any atom is -0.394 e. The van der Waals surface area contributed by atoms with Crippen molar-refractivity contribution in [1.82, 2.24) is 5.32 Å². The van der Waals surface area contributed by atoms with E-state index in [0.717, 1.165) is 24.5 Å². The van der Waals surface area contributed by atoms with Crippen LogP contribution >= 0.6 is 11.6 Å². The van der Waals surface area contributed by atoms with Crippen LogP contribution in [0.1, 0.15) is 45.1 Å². The molecule has 1 atom stereocenters. The predicted molar refractivity (Wildman–Crippen MR) is 90.1 cm³/mol. The van der Waals surface area contributed by atoms with Gasteiger partial charge in [-0.25, -0.2) is 0 Å². The van der Waals surface area contributed by atoms with E-state index < -0.39 is 0 Å². The number of aliphatic hydroxyl groups is 1. The van der Waals surface area contributed by atoms with E-state index in [9.17, 15) is 5.11 Å². The average Bonchev–Trinajstić information content (AvgIpc) is 2.70. The topological polar surface area (TPSA) is 35.5 Å². The fraction of sp³-hybridized carbons (Fsp3) is 0.647. The number of nitrogens with one attached hydrogen (secondary N) is 1. The molecule has 0 aromatic heterocycles. The van der Waals surface area contributed by atoms with Crippen molar-refractivity contribution >= 4 is 17.3 Å². The summed E-state index contributed by atoms with van der Waals surface area (Å²) in [6, 6.07) is 6.77. The molecule has 1 aliphatic heterocycles. The lowest BCUT2D eigenvalue weighted by Crippen LogP contribution is -2.38. The lowest BCUT2D eigenvalue weighted by molar-refractivity contribution is 0.255. The molecule has 4 heteroatoms. The first kappa shape index (κ1) is 16.6. The molecule has 1 aliphatic rings. The molecular formula is C17H27ClN2O. The highest BCUT2D eigenvalue weighted by molar-refractivity contribution is 6.30. The van der Waals surface area contributed by atoms with Crippen LogP contribution in [0.15, 0.2) is 18.2 Å². The number of nitrogens with zero attached hydrogens (tertiary/aromatic N) is 1. The first-order chi connectivity index (χ1) is 10.1. The zero-order valence-corrected chi connectivity index (χ0v) is 13.9. The summed E-state index contributed by atoms with van der Waals surface area (Å²) in [7, 11) is 0. The Morgan fingerprint density at radius 1 is 1.33 bits per heavy atom. The molecule has 21 heavy (non-hydrogen) atoms. The molecule has 3 nitrogen and oxygen atoms in total. The summed E-state index contributed by atoms with van der Waals surface area (Å²) in [6.07, 6.45) is 4.68. The predicted octanol–water partition coefficient (Wildman–Crippen LogP) is 3.58. The number of halogens is 1. The highest BCUT2D eigenvalue weighted by Gasteiger charge is 2.22. The highest BCUT2D eigenvalue weighted by atomic mass is 35.5. The van der Waals surface area contributed by atoms with Crippen LogP contribution in [0.2, 0.25) is 5.02 Å². The molecule has 0 radical (unpaired) electrons. The maximum atomic E-state index is 9.74. The van der Waals surface area contributed by atoms with Crippen molar-refractivity contribution in [3.8, 4) is 0 Å².